The Morgan fingerprint density at radius 1 is 1.50 bits per heavy atom. The zero-order chi connectivity index (χ0) is 16.1. The van der Waals surface area contributed by atoms with Gasteiger partial charge in [-0.1, -0.05) is 11.6 Å². The predicted octanol–water partition coefficient (Wildman–Crippen LogP) is 2.44. The molecule has 2 atom stereocenters. The summed E-state index contributed by atoms with van der Waals surface area (Å²) in [5, 5.41) is 8.76. The SMILES string of the molecule is COc1ccc(Cl)cc1NC(=O)CSC1CC(C)NC(=O)N1. The van der Waals surface area contributed by atoms with Gasteiger partial charge < -0.3 is 20.7 Å². The first kappa shape index (κ1) is 16.8. The van der Waals surface area contributed by atoms with Crippen molar-refractivity contribution in [2.45, 2.75) is 24.8 Å². The van der Waals surface area contributed by atoms with Gasteiger partial charge in [-0.25, -0.2) is 4.79 Å². The lowest BCUT2D eigenvalue weighted by Gasteiger charge is -2.28. The monoisotopic (exact) mass is 343 g/mol. The molecule has 2 unspecified atom stereocenters. The van der Waals surface area contributed by atoms with E-state index in [2.05, 4.69) is 16.0 Å². The van der Waals surface area contributed by atoms with E-state index < -0.39 is 0 Å². The van der Waals surface area contributed by atoms with Gasteiger partial charge in [-0.3, -0.25) is 4.79 Å². The fraction of sp³-hybridized carbons (Fsp3) is 0.429. The van der Waals surface area contributed by atoms with Gasteiger partial charge in [0.05, 0.1) is 23.9 Å². The van der Waals surface area contributed by atoms with Crippen molar-refractivity contribution in [3.05, 3.63) is 23.2 Å². The molecule has 0 radical (unpaired) electrons. The number of halogens is 1. The number of thioether (sulfide) groups is 1. The van der Waals surface area contributed by atoms with Crippen LogP contribution in [0.2, 0.25) is 5.02 Å². The number of urea groups is 1. The average Bonchev–Trinajstić information content (AvgIpc) is 2.44. The lowest BCUT2D eigenvalue weighted by molar-refractivity contribution is -0.113. The summed E-state index contributed by atoms with van der Waals surface area (Å²) in [5.74, 6) is 0.602. The van der Waals surface area contributed by atoms with Crippen LogP contribution in [0.15, 0.2) is 18.2 Å². The predicted molar refractivity (Wildman–Crippen MR) is 88.6 cm³/mol. The second kappa shape index (κ2) is 7.60. The van der Waals surface area contributed by atoms with Crippen molar-refractivity contribution in [2.24, 2.45) is 0 Å². The molecule has 1 aromatic rings. The Kier molecular flexibility index (Phi) is 5.79. The van der Waals surface area contributed by atoms with Gasteiger partial charge in [-0.15, -0.1) is 11.8 Å². The van der Waals surface area contributed by atoms with Gasteiger partial charge in [-0.2, -0.15) is 0 Å². The minimum absolute atomic E-state index is 0.0734. The summed E-state index contributed by atoms with van der Waals surface area (Å²) in [6.45, 7) is 1.93. The third kappa shape index (κ3) is 4.71. The van der Waals surface area contributed by atoms with Crippen LogP contribution in [0.1, 0.15) is 13.3 Å². The Morgan fingerprint density at radius 2 is 2.27 bits per heavy atom. The fourth-order valence-electron chi connectivity index (χ4n) is 2.10. The number of anilines is 1. The summed E-state index contributed by atoms with van der Waals surface area (Å²) in [6.07, 6.45) is 0.768. The van der Waals surface area contributed by atoms with E-state index >= 15 is 0 Å². The second-order valence-electron chi connectivity index (χ2n) is 4.95. The molecule has 1 aliphatic heterocycles. The lowest BCUT2D eigenvalue weighted by atomic mass is 10.2. The zero-order valence-corrected chi connectivity index (χ0v) is 13.9. The molecule has 1 fully saturated rings. The van der Waals surface area contributed by atoms with Crippen LogP contribution < -0.4 is 20.7 Å². The molecular formula is C14H18ClN3O3S. The van der Waals surface area contributed by atoms with Crippen molar-refractivity contribution in [1.82, 2.24) is 10.6 Å². The number of benzene rings is 1. The highest BCUT2D eigenvalue weighted by molar-refractivity contribution is 8.00. The number of amides is 3. The molecule has 0 aromatic heterocycles. The minimum Gasteiger partial charge on any atom is -0.495 e. The highest BCUT2D eigenvalue weighted by Gasteiger charge is 2.23. The van der Waals surface area contributed by atoms with Crippen LogP contribution in [0.5, 0.6) is 5.75 Å². The molecule has 1 aromatic carbocycles. The Hall–Kier alpha value is -1.60. The van der Waals surface area contributed by atoms with Crippen molar-refractivity contribution < 1.29 is 14.3 Å². The van der Waals surface area contributed by atoms with Crippen LogP contribution in [0.3, 0.4) is 0 Å². The van der Waals surface area contributed by atoms with Crippen LogP contribution in [-0.4, -0.2) is 36.2 Å². The van der Waals surface area contributed by atoms with Crippen LogP contribution in [0.4, 0.5) is 10.5 Å². The lowest BCUT2D eigenvalue weighted by Crippen LogP contribution is -2.52. The second-order valence-corrected chi connectivity index (χ2v) is 6.57. The van der Waals surface area contributed by atoms with E-state index in [-0.39, 0.29) is 29.1 Å². The Bertz CT molecular complexity index is 570. The number of nitrogens with one attached hydrogen (secondary N) is 3. The van der Waals surface area contributed by atoms with Gasteiger partial charge in [0, 0.05) is 11.1 Å². The van der Waals surface area contributed by atoms with Crippen molar-refractivity contribution >= 4 is 41.0 Å². The summed E-state index contributed by atoms with van der Waals surface area (Å²) in [7, 11) is 1.53. The van der Waals surface area contributed by atoms with Crippen molar-refractivity contribution in [3.8, 4) is 5.75 Å². The number of hydrogen-bond acceptors (Lipinski definition) is 4. The van der Waals surface area contributed by atoms with Crippen molar-refractivity contribution in [1.29, 1.82) is 0 Å². The van der Waals surface area contributed by atoms with Crippen LogP contribution >= 0.6 is 23.4 Å². The number of hydrogen-bond donors (Lipinski definition) is 3. The molecule has 2 rings (SSSR count). The van der Waals surface area contributed by atoms with Crippen LogP contribution in [0, 0.1) is 0 Å². The standard InChI is InChI=1S/C14H18ClN3O3S/c1-8-5-13(18-14(20)16-8)22-7-12(19)17-10-6-9(15)3-4-11(10)21-2/h3-4,6,8,13H,5,7H2,1-2H3,(H,17,19)(H2,16,18,20). The maximum Gasteiger partial charge on any atom is 0.315 e. The maximum atomic E-state index is 12.0. The Labute approximate surface area is 138 Å². The molecule has 6 nitrogen and oxygen atoms in total. The highest BCUT2D eigenvalue weighted by Crippen LogP contribution is 2.28. The summed E-state index contributed by atoms with van der Waals surface area (Å²) in [5.41, 5.74) is 0.531. The molecule has 1 aliphatic rings. The smallest absolute Gasteiger partial charge is 0.315 e. The van der Waals surface area contributed by atoms with E-state index in [0.29, 0.717) is 16.5 Å². The molecular weight excluding hydrogens is 326 g/mol. The van der Waals surface area contributed by atoms with Gasteiger partial charge in [0.2, 0.25) is 5.91 Å². The molecule has 120 valence electrons. The van der Waals surface area contributed by atoms with Crippen molar-refractivity contribution in [3.63, 3.8) is 0 Å². The van der Waals surface area contributed by atoms with Gasteiger partial charge in [0.15, 0.2) is 0 Å². The minimum atomic E-state index is -0.201. The van der Waals surface area contributed by atoms with E-state index in [0.717, 1.165) is 6.42 Å². The maximum absolute atomic E-state index is 12.0. The van der Waals surface area contributed by atoms with Crippen LogP contribution in [0.25, 0.3) is 0 Å². The van der Waals surface area contributed by atoms with Gasteiger partial charge in [-0.05, 0) is 31.5 Å². The first-order valence-electron chi connectivity index (χ1n) is 6.80. The number of methoxy groups -OCH3 is 1. The molecule has 1 saturated heterocycles. The molecule has 0 saturated carbocycles. The Balaban J connectivity index is 1.88. The average molecular weight is 344 g/mol. The number of rotatable bonds is 5. The first-order valence-corrected chi connectivity index (χ1v) is 8.22. The number of carbonyl (C=O) groups is 2. The largest absolute Gasteiger partial charge is 0.495 e. The Morgan fingerprint density at radius 3 is 2.95 bits per heavy atom. The van der Waals surface area contributed by atoms with Gasteiger partial charge >= 0.3 is 6.03 Å². The molecule has 0 bridgehead atoms. The van der Waals surface area contributed by atoms with Crippen molar-refractivity contribution in [2.75, 3.05) is 18.2 Å². The zero-order valence-electron chi connectivity index (χ0n) is 12.3. The van der Waals surface area contributed by atoms with Crippen LogP contribution in [-0.2, 0) is 4.79 Å². The number of ether oxygens (including phenoxy) is 1. The van der Waals surface area contributed by atoms with E-state index in [4.69, 9.17) is 16.3 Å². The molecule has 0 aliphatic carbocycles. The summed E-state index contributed by atoms with van der Waals surface area (Å²) in [4.78, 5) is 23.4. The molecule has 8 heteroatoms. The molecule has 0 spiro atoms. The fourth-order valence-corrected chi connectivity index (χ4v) is 3.31. The van der Waals surface area contributed by atoms with E-state index in [1.807, 2.05) is 6.92 Å². The summed E-state index contributed by atoms with van der Waals surface area (Å²) < 4.78 is 5.18. The quantitative estimate of drug-likeness (QED) is 0.767. The summed E-state index contributed by atoms with van der Waals surface area (Å²) in [6, 6.07) is 4.92. The molecule has 3 N–H and O–H groups in total. The summed E-state index contributed by atoms with van der Waals surface area (Å²) >= 11 is 7.31. The molecule has 22 heavy (non-hydrogen) atoms. The van der Waals surface area contributed by atoms with E-state index in [1.165, 1.54) is 18.9 Å². The first-order chi connectivity index (χ1) is 10.5. The third-order valence-corrected chi connectivity index (χ3v) is 4.47. The third-order valence-electron chi connectivity index (χ3n) is 3.09. The van der Waals surface area contributed by atoms with Gasteiger partial charge in [0.25, 0.3) is 0 Å². The highest BCUT2D eigenvalue weighted by atomic mass is 35.5. The topological polar surface area (TPSA) is 79.5 Å². The van der Waals surface area contributed by atoms with E-state index in [1.54, 1.807) is 18.2 Å². The normalized spacial score (nSPS) is 20.8. The van der Waals surface area contributed by atoms with Gasteiger partial charge in [0.1, 0.15) is 5.75 Å². The molecule has 3 amide bonds. The molecule has 1 heterocycles. The van der Waals surface area contributed by atoms with E-state index in [9.17, 15) is 9.59 Å². The number of carbonyl (C=O) groups excluding carboxylic acids is 2.